The van der Waals surface area contributed by atoms with Gasteiger partial charge in [0.05, 0.1) is 35.7 Å². The van der Waals surface area contributed by atoms with E-state index >= 15 is 0 Å². The Morgan fingerprint density at radius 1 is 1.00 bits per heavy atom. The van der Waals surface area contributed by atoms with Crippen LogP contribution < -0.4 is 5.32 Å². The Hall–Kier alpha value is -3.95. The van der Waals surface area contributed by atoms with E-state index in [0.29, 0.717) is 11.1 Å². The van der Waals surface area contributed by atoms with Crippen LogP contribution in [0, 0.1) is 12.0 Å². The van der Waals surface area contributed by atoms with Crippen molar-refractivity contribution in [1.82, 2.24) is 24.6 Å². The Morgan fingerprint density at radius 3 is 2.53 bits per heavy atom. The third-order valence-corrected chi connectivity index (χ3v) is 8.05. The summed E-state index contributed by atoms with van der Waals surface area (Å²) < 4.78 is 4.30. The number of benzene rings is 2. The van der Waals surface area contributed by atoms with Gasteiger partial charge in [-0.1, -0.05) is 37.3 Å². The first-order valence-corrected chi connectivity index (χ1v) is 12.7. The van der Waals surface area contributed by atoms with Gasteiger partial charge in [-0.25, -0.2) is 4.85 Å². The second-order valence-electron chi connectivity index (χ2n) is 10.0. The molecule has 3 aromatic heterocycles. The van der Waals surface area contributed by atoms with Crippen LogP contribution in [0.4, 0.5) is 5.69 Å². The molecule has 4 heterocycles. The van der Waals surface area contributed by atoms with Crippen molar-refractivity contribution in [2.24, 2.45) is 12.5 Å². The molecule has 5 aromatic rings. The van der Waals surface area contributed by atoms with E-state index in [-0.39, 0.29) is 0 Å². The zero-order valence-electron chi connectivity index (χ0n) is 20.8. The molecule has 1 aliphatic rings. The van der Waals surface area contributed by atoms with Gasteiger partial charge in [0.1, 0.15) is 0 Å². The Kier molecular flexibility index (Phi) is 5.58. The van der Waals surface area contributed by atoms with Crippen molar-refractivity contribution < 1.29 is 0 Å². The van der Waals surface area contributed by atoms with E-state index < -0.39 is 0 Å². The summed E-state index contributed by atoms with van der Waals surface area (Å²) in [6.45, 7) is 12.9. The number of pyridine rings is 1. The van der Waals surface area contributed by atoms with Crippen LogP contribution in [-0.4, -0.2) is 32.4 Å². The van der Waals surface area contributed by atoms with E-state index in [0.717, 1.165) is 58.4 Å². The molecule has 0 aliphatic carbocycles. The quantitative estimate of drug-likeness (QED) is 0.293. The largest absolute Gasteiger partial charge is 0.346 e. The molecule has 2 aromatic carbocycles. The number of aryl methyl sites for hydroxylation is 1. The molecule has 0 saturated carbocycles. The number of nitrogens with one attached hydrogen (secondary N) is 1. The summed E-state index contributed by atoms with van der Waals surface area (Å²) in [5.41, 5.74) is 7.43. The van der Waals surface area contributed by atoms with Gasteiger partial charge >= 0.3 is 0 Å². The fourth-order valence-corrected chi connectivity index (χ4v) is 5.76. The van der Waals surface area contributed by atoms with Crippen LogP contribution in [0.1, 0.15) is 26.2 Å². The Labute approximate surface area is 211 Å². The maximum absolute atomic E-state index is 7.36. The number of nitrogens with zero attached hydrogens (tertiary/aromatic N) is 5. The third kappa shape index (κ3) is 3.77. The fraction of sp³-hybridized carbons (Fsp3) is 0.300. The minimum absolute atomic E-state index is 0.318. The number of hydrogen-bond donors (Lipinski definition) is 1. The van der Waals surface area contributed by atoms with Gasteiger partial charge in [0.25, 0.3) is 0 Å². The molecule has 6 rings (SSSR count). The number of aromatic nitrogens is 4. The molecular weight excluding hydrogens is 444 g/mol. The average Bonchev–Trinajstić information content (AvgIpc) is 3.51. The monoisotopic (exact) mass is 474 g/mol. The van der Waals surface area contributed by atoms with Gasteiger partial charge in [-0.2, -0.15) is 5.10 Å². The molecule has 1 fully saturated rings. The van der Waals surface area contributed by atoms with E-state index in [2.05, 4.69) is 57.2 Å². The van der Waals surface area contributed by atoms with Crippen molar-refractivity contribution in [3.8, 4) is 22.4 Å². The summed E-state index contributed by atoms with van der Waals surface area (Å²) in [6, 6.07) is 16.6. The lowest BCUT2D eigenvalue weighted by molar-refractivity contribution is 0.163. The normalized spacial score (nSPS) is 15.4. The second-order valence-corrected chi connectivity index (χ2v) is 10.0. The first kappa shape index (κ1) is 22.5. The third-order valence-electron chi connectivity index (χ3n) is 8.05. The van der Waals surface area contributed by atoms with Gasteiger partial charge in [0.15, 0.2) is 5.69 Å². The molecule has 0 unspecified atom stereocenters. The smallest absolute Gasteiger partial charge is 0.187 e. The van der Waals surface area contributed by atoms with Crippen LogP contribution >= 0.6 is 0 Å². The molecule has 180 valence electrons. The minimum atomic E-state index is 0.318. The molecule has 1 N–H and O–H groups in total. The Morgan fingerprint density at radius 2 is 1.78 bits per heavy atom. The predicted molar refractivity (Wildman–Crippen MR) is 146 cm³/mol. The highest BCUT2D eigenvalue weighted by atomic mass is 15.2. The van der Waals surface area contributed by atoms with Gasteiger partial charge in [0, 0.05) is 41.7 Å². The van der Waals surface area contributed by atoms with Gasteiger partial charge in [-0.05, 0) is 61.5 Å². The predicted octanol–water partition coefficient (Wildman–Crippen LogP) is 6.59. The summed E-state index contributed by atoms with van der Waals surface area (Å²) in [5, 5.41) is 10.2. The van der Waals surface area contributed by atoms with E-state index in [1.165, 1.54) is 24.6 Å². The zero-order valence-corrected chi connectivity index (χ0v) is 20.8. The Bertz CT molecular complexity index is 1590. The van der Waals surface area contributed by atoms with Crippen LogP contribution in [0.2, 0.25) is 0 Å². The molecule has 36 heavy (non-hydrogen) atoms. The zero-order chi connectivity index (χ0) is 24.7. The van der Waals surface area contributed by atoms with Crippen LogP contribution in [0.15, 0.2) is 67.1 Å². The highest BCUT2D eigenvalue weighted by Gasteiger charge is 2.31. The van der Waals surface area contributed by atoms with Crippen molar-refractivity contribution >= 4 is 27.5 Å². The SMILES string of the molecule is [C-]#[N+]c1ccc(-c2c(-c3ccc4c(cnn4C)c3)ncc3c2ccn3CC2(CC)CCNCC2)cc1. The summed E-state index contributed by atoms with van der Waals surface area (Å²) in [5.74, 6) is 0. The molecule has 0 radical (unpaired) electrons. The van der Waals surface area contributed by atoms with E-state index in [1.807, 2.05) is 48.4 Å². The molecule has 1 aliphatic heterocycles. The highest BCUT2D eigenvalue weighted by molar-refractivity contribution is 6.02. The lowest BCUT2D eigenvalue weighted by atomic mass is 9.76. The van der Waals surface area contributed by atoms with Crippen LogP contribution in [0.25, 0.3) is 49.0 Å². The molecule has 0 bridgehead atoms. The maximum Gasteiger partial charge on any atom is 0.187 e. The van der Waals surface area contributed by atoms with Crippen molar-refractivity contribution in [3.63, 3.8) is 0 Å². The van der Waals surface area contributed by atoms with E-state index in [9.17, 15) is 0 Å². The summed E-state index contributed by atoms with van der Waals surface area (Å²) in [6.07, 6.45) is 9.75. The van der Waals surface area contributed by atoms with Gasteiger partial charge < -0.3 is 9.88 Å². The Balaban J connectivity index is 1.53. The first-order valence-electron chi connectivity index (χ1n) is 12.7. The van der Waals surface area contributed by atoms with Gasteiger partial charge in [-0.3, -0.25) is 9.67 Å². The molecule has 0 spiro atoms. The van der Waals surface area contributed by atoms with Crippen LogP contribution in [0.5, 0.6) is 0 Å². The summed E-state index contributed by atoms with van der Waals surface area (Å²) in [7, 11) is 1.96. The highest BCUT2D eigenvalue weighted by Crippen LogP contribution is 2.40. The first-order chi connectivity index (χ1) is 17.6. The lowest BCUT2D eigenvalue weighted by Crippen LogP contribution is -2.39. The van der Waals surface area contributed by atoms with Crippen molar-refractivity contribution in [2.45, 2.75) is 32.7 Å². The van der Waals surface area contributed by atoms with E-state index in [1.54, 1.807) is 0 Å². The van der Waals surface area contributed by atoms with Crippen molar-refractivity contribution in [2.75, 3.05) is 13.1 Å². The van der Waals surface area contributed by atoms with Gasteiger partial charge in [-0.15, -0.1) is 0 Å². The fourth-order valence-electron chi connectivity index (χ4n) is 5.76. The number of piperidine rings is 1. The minimum Gasteiger partial charge on any atom is -0.346 e. The molecule has 6 nitrogen and oxygen atoms in total. The second kappa shape index (κ2) is 8.92. The standard InChI is InChI=1S/C30H30N6/c1-4-30(12-14-32-15-13-30)20-36-16-11-25-27(36)19-33-29(28(25)21-5-8-24(31-2)9-6-21)22-7-10-26-23(17-22)18-34-35(26)3/h5-11,16-19,32H,4,12-15,20H2,1,3H3. The summed E-state index contributed by atoms with van der Waals surface area (Å²) >= 11 is 0. The van der Waals surface area contributed by atoms with Crippen LogP contribution in [0.3, 0.4) is 0 Å². The van der Waals surface area contributed by atoms with E-state index in [4.69, 9.17) is 11.6 Å². The number of rotatable bonds is 5. The summed E-state index contributed by atoms with van der Waals surface area (Å²) in [4.78, 5) is 8.65. The van der Waals surface area contributed by atoms with Crippen LogP contribution in [-0.2, 0) is 13.6 Å². The topological polar surface area (TPSA) is 52.0 Å². The van der Waals surface area contributed by atoms with Crippen molar-refractivity contribution in [1.29, 1.82) is 0 Å². The maximum atomic E-state index is 7.36. The van der Waals surface area contributed by atoms with Crippen molar-refractivity contribution in [3.05, 3.63) is 78.5 Å². The molecule has 0 atom stereocenters. The number of fused-ring (bicyclic) bond motifs is 2. The average molecular weight is 475 g/mol. The molecule has 6 heteroatoms. The lowest BCUT2D eigenvalue weighted by Gasteiger charge is -2.37. The molecule has 1 saturated heterocycles. The molecule has 0 amide bonds. The number of hydrogen-bond acceptors (Lipinski definition) is 3. The van der Waals surface area contributed by atoms with Gasteiger partial charge in [0.2, 0.25) is 0 Å². The molecular formula is C30H30N6.